The van der Waals surface area contributed by atoms with Gasteiger partial charge in [-0.3, -0.25) is 4.79 Å². The summed E-state index contributed by atoms with van der Waals surface area (Å²) < 4.78 is 0.918. The summed E-state index contributed by atoms with van der Waals surface area (Å²) in [6.07, 6.45) is 3.57. The third-order valence-corrected chi connectivity index (χ3v) is 6.54. The minimum atomic E-state index is -1.05. The third kappa shape index (κ3) is 4.64. The molecule has 0 spiro atoms. The van der Waals surface area contributed by atoms with Crippen molar-refractivity contribution >= 4 is 74.3 Å². The molecule has 154 valence electrons. The Labute approximate surface area is 192 Å². The van der Waals surface area contributed by atoms with Gasteiger partial charge in [0.1, 0.15) is 4.88 Å². The zero-order valence-electron chi connectivity index (χ0n) is 15.9. The van der Waals surface area contributed by atoms with E-state index in [1.165, 1.54) is 23.5 Å². The number of thiophene rings is 1. The van der Waals surface area contributed by atoms with E-state index in [0.29, 0.717) is 26.2 Å². The fraction of sp³-hybridized carbons (Fsp3) is 0. The van der Waals surface area contributed by atoms with Crippen LogP contribution in [0.4, 0.5) is 5.69 Å². The van der Waals surface area contributed by atoms with Gasteiger partial charge in [0, 0.05) is 20.8 Å². The topological polar surface area (TPSA) is 66.4 Å². The number of rotatable bonds is 5. The molecule has 0 radical (unpaired) electrons. The maximum absolute atomic E-state index is 12.9. The highest BCUT2D eigenvalue weighted by molar-refractivity contribution is 7.21. The van der Waals surface area contributed by atoms with Gasteiger partial charge in [0.15, 0.2) is 0 Å². The number of hydrogen-bond acceptors (Lipinski definition) is 3. The second-order valence-electron chi connectivity index (χ2n) is 6.69. The minimum Gasteiger partial charge on any atom is -0.478 e. The molecule has 2 N–H and O–H groups in total. The van der Waals surface area contributed by atoms with E-state index >= 15 is 0 Å². The molecular weight excluding hydrogens is 453 g/mol. The lowest BCUT2D eigenvalue weighted by Crippen LogP contribution is -2.12. The predicted molar refractivity (Wildman–Crippen MR) is 129 cm³/mol. The molecule has 4 aromatic rings. The molecule has 0 saturated heterocycles. The van der Waals surface area contributed by atoms with E-state index in [-0.39, 0.29) is 11.5 Å². The summed E-state index contributed by atoms with van der Waals surface area (Å²) >= 11 is 13.7. The van der Waals surface area contributed by atoms with Crippen LogP contribution in [-0.4, -0.2) is 17.0 Å². The SMILES string of the molecule is O=C(O)c1ccc(NC(=O)c2sc3ccccc3c2Cl)c(/C=C/c2ccc(Cl)cc2)c1. The molecule has 0 saturated carbocycles. The average molecular weight is 468 g/mol. The van der Waals surface area contributed by atoms with Crippen molar-refractivity contribution in [1.29, 1.82) is 0 Å². The van der Waals surface area contributed by atoms with Gasteiger partial charge < -0.3 is 10.4 Å². The van der Waals surface area contributed by atoms with Crippen LogP contribution in [0.5, 0.6) is 0 Å². The Morgan fingerprint density at radius 2 is 1.68 bits per heavy atom. The van der Waals surface area contributed by atoms with Gasteiger partial charge in [0.25, 0.3) is 5.91 Å². The number of halogens is 2. The molecule has 4 nitrogen and oxygen atoms in total. The monoisotopic (exact) mass is 467 g/mol. The van der Waals surface area contributed by atoms with Gasteiger partial charge in [-0.2, -0.15) is 0 Å². The molecule has 7 heteroatoms. The molecule has 3 aromatic carbocycles. The Bertz CT molecular complexity index is 1330. The van der Waals surface area contributed by atoms with E-state index in [4.69, 9.17) is 23.2 Å². The summed E-state index contributed by atoms with van der Waals surface area (Å²) in [5, 5.41) is 14.1. The van der Waals surface area contributed by atoms with E-state index in [0.717, 1.165) is 15.6 Å². The number of anilines is 1. The van der Waals surface area contributed by atoms with Crippen LogP contribution < -0.4 is 5.32 Å². The van der Waals surface area contributed by atoms with Crippen LogP contribution in [0.1, 0.15) is 31.2 Å². The Morgan fingerprint density at radius 1 is 0.935 bits per heavy atom. The minimum absolute atomic E-state index is 0.119. The molecular formula is C24H15Cl2NO3S. The van der Waals surface area contributed by atoms with E-state index in [2.05, 4.69) is 5.32 Å². The third-order valence-electron chi connectivity index (χ3n) is 4.61. The number of benzene rings is 3. The zero-order chi connectivity index (χ0) is 22.0. The van der Waals surface area contributed by atoms with Crippen molar-refractivity contribution in [3.63, 3.8) is 0 Å². The fourth-order valence-corrected chi connectivity index (χ4v) is 4.58. The van der Waals surface area contributed by atoms with Gasteiger partial charge >= 0.3 is 5.97 Å². The van der Waals surface area contributed by atoms with Crippen molar-refractivity contribution < 1.29 is 14.7 Å². The number of carbonyl (C=O) groups excluding carboxylic acids is 1. The summed E-state index contributed by atoms with van der Waals surface area (Å²) in [4.78, 5) is 24.8. The summed E-state index contributed by atoms with van der Waals surface area (Å²) in [5.74, 6) is -1.40. The number of carboxylic acid groups (broad SMARTS) is 1. The first-order chi connectivity index (χ1) is 14.9. The molecule has 0 aliphatic rings. The van der Waals surface area contributed by atoms with Crippen LogP contribution in [0.3, 0.4) is 0 Å². The van der Waals surface area contributed by atoms with Crippen molar-refractivity contribution in [1.82, 2.24) is 0 Å². The highest BCUT2D eigenvalue weighted by atomic mass is 35.5. The van der Waals surface area contributed by atoms with E-state index < -0.39 is 5.97 Å². The van der Waals surface area contributed by atoms with Crippen LogP contribution >= 0.6 is 34.5 Å². The lowest BCUT2D eigenvalue weighted by atomic mass is 10.1. The number of amides is 1. The molecule has 0 bridgehead atoms. The lowest BCUT2D eigenvalue weighted by Gasteiger charge is -2.09. The number of aromatic carboxylic acids is 1. The van der Waals surface area contributed by atoms with Gasteiger partial charge in [-0.05, 0) is 47.5 Å². The molecule has 1 aromatic heterocycles. The number of carbonyl (C=O) groups is 2. The van der Waals surface area contributed by atoms with Gasteiger partial charge in [-0.15, -0.1) is 11.3 Å². The maximum Gasteiger partial charge on any atom is 0.335 e. The van der Waals surface area contributed by atoms with Gasteiger partial charge in [-0.25, -0.2) is 4.79 Å². The maximum atomic E-state index is 12.9. The van der Waals surface area contributed by atoms with Crippen LogP contribution in [0.2, 0.25) is 10.0 Å². The molecule has 0 fully saturated rings. The van der Waals surface area contributed by atoms with Crippen LogP contribution in [-0.2, 0) is 0 Å². The Balaban J connectivity index is 1.68. The Hall–Kier alpha value is -3.12. The summed E-state index contributed by atoms with van der Waals surface area (Å²) in [7, 11) is 0. The van der Waals surface area contributed by atoms with E-state index in [1.807, 2.05) is 42.5 Å². The van der Waals surface area contributed by atoms with Crippen LogP contribution in [0.25, 0.3) is 22.2 Å². The van der Waals surface area contributed by atoms with Crippen molar-refractivity contribution in [2.24, 2.45) is 0 Å². The lowest BCUT2D eigenvalue weighted by molar-refractivity contribution is 0.0696. The van der Waals surface area contributed by atoms with E-state index in [1.54, 1.807) is 24.3 Å². The van der Waals surface area contributed by atoms with Gasteiger partial charge in [0.2, 0.25) is 0 Å². The second kappa shape index (κ2) is 8.94. The molecule has 0 unspecified atom stereocenters. The summed E-state index contributed by atoms with van der Waals surface area (Å²) in [6, 6.07) is 19.3. The largest absolute Gasteiger partial charge is 0.478 e. The van der Waals surface area contributed by atoms with Crippen molar-refractivity contribution in [2.45, 2.75) is 0 Å². The molecule has 0 aliphatic heterocycles. The fourth-order valence-electron chi connectivity index (χ4n) is 3.05. The molecule has 31 heavy (non-hydrogen) atoms. The Kier molecular flexibility index (Phi) is 6.09. The number of hydrogen-bond donors (Lipinski definition) is 2. The summed E-state index contributed by atoms with van der Waals surface area (Å²) in [6.45, 7) is 0. The zero-order valence-corrected chi connectivity index (χ0v) is 18.3. The smallest absolute Gasteiger partial charge is 0.335 e. The number of carboxylic acids is 1. The summed E-state index contributed by atoms with van der Waals surface area (Å²) in [5.41, 5.74) is 2.04. The van der Waals surface area contributed by atoms with E-state index in [9.17, 15) is 14.7 Å². The normalized spacial score (nSPS) is 11.2. The first-order valence-corrected chi connectivity index (χ1v) is 10.8. The van der Waals surface area contributed by atoms with Crippen LogP contribution in [0, 0.1) is 0 Å². The predicted octanol–water partition coefficient (Wildman–Crippen LogP) is 7.33. The standard InChI is InChI=1S/C24H15Cl2NO3S/c25-17-10-6-14(7-11-17)5-8-15-13-16(24(29)30)9-12-19(15)27-23(28)22-21(26)18-3-1-2-4-20(18)31-22/h1-13H,(H,27,28)(H,29,30)/b8-5+. The molecule has 0 aliphatic carbocycles. The first-order valence-electron chi connectivity index (χ1n) is 9.22. The number of fused-ring (bicyclic) bond motifs is 1. The highest BCUT2D eigenvalue weighted by Crippen LogP contribution is 2.35. The van der Waals surface area contributed by atoms with Gasteiger partial charge in [-0.1, -0.05) is 65.7 Å². The Morgan fingerprint density at radius 3 is 2.39 bits per heavy atom. The number of nitrogens with one attached hydrogen (secondary N) is 1. The van der Waals surface area contributed by atoms with Gasteiger partial charge in [0.05, 0.1) is 10.6 Å². The van der Waals surface area contributed by atoms with Crippen LogP contribution in [0.15, 0.2) is 66.7 Å². The van der Waals surface area contributed by atoms with Crippen molar-refractivity contribution in [3.05, 3.63) is 98.3 Å². The van der Waals surface area contributed by atoms with Crippen molar-refractivity contribution in [3.8, 4) is 0 Å². The first kappa shape index (κ1) is 21.1. The second-order valence-corrected chi connectivity index (χ2v) is 8.55. The molecule has 0 atom stereocenters. The quantitative estimate of drug-likeness (QED) is 0.302. The highest BCUT2D eigenvalue weighted by Gasteiger charge is 2.18. The molecule has 4 rings (SSSR count). The molecule has 1 amide bonds. The molecule has 1 heterocycles. The average Bonchev–Trinajstić information content (AvgIpc) is 3.11. The van der Waals surface area contributed by atoms with Crippen molar-refractivity contribution in [2.75, 3.05) is 5.32 Å².